The van der Waals surface area contributed by atoms with Crippen molar-refractivity contribution in [1.82, 2.24) is 0 Å². The van der Waals surface area contributed by atoms with E-state index in [0.717, 1.165) is 30.0 Å². The summed E-state index contributed by atoms with van der Waals surface area (Å²) in [7, 11) is 0. The van der Waals surface area contributed by atoms with Crippen molar-refractivity contribution < 1.29 is 9.53 Å². The minimum Gasteiger partial charge on any atom is -0.455 e. The summed E-state index contributed by atoms with van der Waals surface area (Å²) in [6, 6.07) is 30.2. The molecular formula is C32H30O2S6. The summed E-state index contributed by atoms with van der Waals surface area (Å²) in [5.74, 6) is -0.430. The smallest absolute Gasteiger partial charge is 0.330 e. The van der Waals surface area contributed by atoms with Crippen LogP contribution >= 0.6 is 70.6 Å². The molecule has 0 N–H and O–H groups in total. The van der Waals surface area contributed by atoms with Crippen molar-refractivity contribution >= 4 is 76.5 Å². The van der Waals surface area contributed by atoms with Crippen LogP contribution in [0, 0.1) is 0 Å². The van der Waals surface area contributed by atoms with Gasteiger partial charge in [-0.05, 0) is 111 Å². The number of ether oxygens (including phenoxy) is 1. The first kappa shape index (κ1) is 31.1. The molecule has 40 heavy (non-hydrogen) atoms. The van der Waals surface area contributed by atoms with Gasteiger partial charge in [-0.15, -0.1) is 35.3 Å². The first-order valence-electron chi connectivity index (χ1n) is 12.4. The van der Waals surface area contributed by atoms with Gasteiger partial charge in [-0.3, -0.25) is 0 Å². The summed E-state index contributed by atoms with van der Waals surface area (Å²) in [5, 5.41) is 0. The second kappa shape index (κ2) is 15.4. The van der Waals surface area contributed by atoms with E-state index in [-0.39, 0.29) is 0 Å². The van der Waals surface area contributed by atoms with Crippen LogP contribution in [-0.2, 0) is 9.53 Å². The van der Waals surface area contributed by atoms with E-state index in [1.165, 1.54) is 25.7 Å². The van der Waals surface area contributed by atoms with E-state index in [1.807, 2.05) is 6.92 Å². The molecule has 8 heteroatoms. The van der Waals surface area contributed by atoms with Crippen LogP contribution in [0.4, 0.5) is 0 Å². The third-order valence-electron chi connectivity index (χ3n) is 5.81. The fourth-order valence-electron chi connectivity index (χ4n) is 3.81. The largest absolute Gasteiger partial charge is 0.455 e. The number of hydrogen-bond donors (Lipinski definition) is 0. The Kier molecular flexibility index (Phi) is 12.0. The minimum absolute atomic E-state index is 0.430. The maximum Gasteiger partial charge on any atom is 0.330 e. The highest BCUT2D eigenvalue weighted by Crippen LogP contribution is 2.46. The van der Waals surface area contributed by atoms with E-state index in [2.05, 4.69) is 110 Å². The molecule has 0 saturated carbocycles. The van der Waals surface area contributed by atoms with Gasteiger partial charge in [-0.2, -0.15) is 0 Å². The number of carbonyl (C=O) groups excluding carboxylic acids is 1. The summed E-state index contributed by atoms with van der Waals surface area (Å²) in [4.78, 5) is 22.7. The molecular weight excluding hydrogens is 609 g/mol. The predicted molar refractivity (Wildman–Crippen MR) is 178 cm³/mol. The van der Waals surface area contributed by atoms with Crippen molar-refractivity contribution in [3.63, 3.8) is 0 Å². The molecule has 206 valence electrons. The zero-order valence-corrected chi connectivity index (χ0v) is 27.6. The fraction of sp³-hybridized carbons (Fsp3) is 0.156. The molecule has 0 aliphatic rings. The van der Waals surface area contributed by atoms with E-state index >= 15 is 0 Å². The molecule has 0 aliphatic heterocycles. The Balaban J connectivity index is 1.81. The number of benzene rings is 4. The van der Waals surface area contributed by atoms with Crippen LogP contribution in [0.1, 0.15) is 18.6 Å². The molecule has 0 aromatic heterocycles. The number of rotatable bonds is 12. The average molecular weight is 639 g/mol. The van der Waals surface area contributed by atoms with E-state index in [0.29, 0.717) is 0 Å². The van der Waals surface area contributed by atoms with Crippen LogP contribution in [0.25, 0.3) is 0 Å². The van der Waals surface area contributed by atoms with Gasteiger partial charge in [0.25, 0.3) is 0 Å². The molecule has 0 radical (unpaired) electrons. The highest BCUT2D eigenvalue weighted by Gasteiger charge is 2.22. The number of hydrogen-bond acceptors (Lipinski definition) is 8. The SMILES string of the molecule is C=CC(=O)OC(C)c1c(Sc2ccc(SC)cc2)cc(Sc2ccc(SC)cc2)cc1Sc1ccc(SC)cc1. The topological polar surface area (TPSA) is 26.3 Å². The third kappa shape index (κ3) is 8.60. The van der Waals surface area contributed by atoms with Gasteiger partial charge in [0.05, 0.1) is 0 Å². The van der Waals surface area contributed by atoms with Gasteiger partial charge in [0, 0.05) is 55.7 Å². The van der Waals surface area contributed by atoms with Crippen LogP contribution < -0.4 is 0 Å². The molecule has 0 saturated heterocycles. The summed E-state index contributed by atoms with van der Waals surface area (Å²) in [6.45, 7) is 5.54. The second-order valence-electron chi connectivity index (χ2n) is 8.45. The molecule has 4 aromatic rings. The van der Waals surface area contributed by atoms with Crippen molar-refractivity contribution in [2.45, 2.75) is 57.1 Å². The van der Waals surface area contributed by atoms with Gasteiger partial charge < -0.3 is 4.74 Å². The number of carbonyl (C=O) groups is 1. The Labute approximate surface area is 263 Å². The molecule has 1 unspecified atom stereocenters. The normalized spacial score (nSPS) is 11.7. The summed E-state index contributed by atoms with van der Waals surface area (Å²) in [6.07, 6.45) is 7.02. The quantitative estimate of drug-likeness (QED) is 0.0859. The van der Waals surface area contributed by atoms with Gasteiger partial charge in [0.15, 0.2) is 0 Å². The molecule has 0 aliphatic carbocycles. The lowest BCUT2D eigenvalue weighted by Crippen LogP contribution is -2.08. The van der Waals surface area contributed by atoms with Crippen LogP contribution in [0.15, 0.2) is 142 Å². The maximum atomic E-state index is 12.3. The first-order chi connectivity index (χ1) is 19.4. The van der Waals surface area contributed by atoms with E-state index < -0.39 is 12.1 Å². The van der Waals surface area contributed by atoms with Gasteiger partial charge in [0.2, 0.25) is 0 Å². The van der Waals surface area contributed by atoms with Gasteiger partial charge in [-0.1, -0.05) is 41.9 Å². The van der Waals surface area contributed by atoms with Crippen molar-refractivity contribution in [3.8, 4) is 0 Å². The minimum atomic E-state index is -0.452. The van der Waals surface area contributed by atoms with E-state index in [4.69, 9.17) is 4.74 Å². The highest BCUT2D eigenvalue weighted by molar-refractivity contribution is 8.01. The fourth-order valence-corrected chi connectivity index (χ4v) is 8.34. The van der Waals surface area contributed by atoms with Crippen molar-refractivity contribution in [2.24, 2.45) is 0 Å². The van der Waals surface area contributed by atoms with Gasteiger partial charge in [-0.25, -0.2) is 4.79 Å². The van der Waals surface area contributed by atoms with E-state index in [9.17, 15) is 4.79 Å². The molecule has 4 rings (SSSR count). The Bertz CT molecular complexity index is 1360. The summed E-state index contributed by atoms with van der Waals surface area (Å²) >= 11 is 10.3. The number of thioether (sulfide) groups is 3. The van der Waals surface area contributed by atoms with Gasteiger partial charge in [0.1, 0.15) is 6.10 Å². The average Bonchev–Trinajstić information content (AvgIpc) is 2.98. The predicted octanol–water partition coefficient (Wildman–Crippen LogP) is 11.1. The van der Waals surface area contributed by atoms with Crippen LogP contribution in [0.5, 0.6) is 0 Å². The van der Waals surface area contributed by atoms with Crippen LogP contribution in [0.2, 0.25) is 0 Å². The molecule has 0 fully saturated rings. The monoisotopic (exact) mass is 638 g/mol. The molecule has 0 spiro atoms. The van der Waals surface area contributed by atoms with Crippen molar-refractivity contribution in [2.75, 3.05) is 18.8 Å². The molecule has 0 amide bonds. The lowest BCUT2D eigenvalue weighted by atomic mass is 10.1. The second-order valence-corrected chi connectivity index (χ2v) is 14.5. The molecule has 0 bridgehead atoms. The molecule has 1 atom stereocenters. The van der Waals surface area contributed by atoms with Crippen molar-refractivity contribution in [3.05, 3.63) is 103 Å². The Morgan fingerprint density at radius 3 is 1.32 bits per heavy atom. The summed E-state index contributed by atoms with van der Waals surface area (Å²) < 4.78 is 5.80. The number of esters is 1. The van der Waals surface area contributed by atoms with Crippen molar-refractivity contribution in [1.29, 1.82) is 0 Å². The van der Waals surface area contributed by atoms with Crippen LogP contribution in [-0.4, -0.2) is 24.7 Å². The highest BCUT2D eigenvalue weighted by atomic mass is 32.2. The maximum absolute atomic E-state index is 12.3. The lowest BCUT2D eigenvalue weighted by Gasteiger charge is -2.22. The standard InChI is InChI=1S/C32H30O2S6/c1-6-31(33)34-21(2)32-29(39-26-15-9-23(36-4)10-16-26)19-28(38-25-13-7-22(35-3)8-14-25)20-30(32)40-27-17-11-24(37-5)12-18-27/h6-21H,1H2,2-5H3. The molecule has 4 aromatic carbocycles. The molecule has 0 heterocycles. The first-order valence-corrected chi connectivity index (χ1v) is 18.5. The Morgan fingerprint density at radius 1 is 0.625 bits per heavy atom. The van der Waals surface area contributed by atoms with E-state index in [1.54, 1.807) is 70.6 Å². The molecule has 2 nitrogen and oxygen atoms in total. The van der Waals surface area contributed by atoms with Gasteiger partial charge >= 0.3 is 5.97 Å². The third-order valence-corrected chi connectivity index (χ3v) is 11.2. The zero-order valence-electron chi connectivity index (χ0n) is 22.7. The van der Waals surface area contributed by atoms with Crippen LogP contribution in [0.3, 0.4) is 0 Å². The Hall–Kier alpha value is -1.81. The zero-order chi connectivity index (χ0) is 28.5. The lowest BCUT2D eigenvalue weighted by molar-refractivity contribution is -0.142. The Morgan fingerprint density at radius 2 is 0.975 bits per heavy atom. The summed E-state index contributed by atoms with van der Waals surface area (Å²) in [5.41, 5.74) is 0.996.